The highest BCUT2D eigenvalue weighted by Crippen LogP contribution is 2.36. The SMILES string of the molecule is CC(C)(O)c1cnnn1[C@H]1C[C@@H](C(=O)NC(CCCCNC(=O)OCc2ccccc2)C(=O)C(N)=O)N(C(=O)[C@H](CCC(=O)c2ccc(F)cc2)CC2CCCCC2)C1. The number of alkyl carbamates (subject to hydrolysis) is 1. The molecule has 1 aromatic heterocycles. The molecule has 0 spiro atoms. The number of nitrogens with two attached hydrogens (primary N) is 1. The summed E-state index contributed by atoms with van der Waals surface area (Å²) >= 11 is 0. The zero-order valence-electron chi connectivity index (χ0n) is 33.8. The number of hydrogen-bond acceptors (Lipinski definition) is 10. The molecule has 0 radical (unpaired) electrons. The van der Waals surface area contributed by atoms with Crippen LogP contribution < -0.4 is 16.4 Å². The minimum Gasteiger partial charge on any atom is -0.445 e. The van der Waals surface area contributed by atoms with Gasteiger partial charge in [-0.05, 0) is 81.7 Å². The monoisotopic (exact) mass is 817 g/mol. The molecule has 1 saturated heterocycles. The fourth-order valence-corrected chi connectivity index (χ4v) is 8.07. The van der Waals surface area contributed by atoms with E-state index in [0.29, 0.717) is 30.5 Å². The van der Waals surface area contributed by atoms with E-state index in [1.165, 1.54) is 40.0 Å². The molecule has 2 aromatic carbocycles. The number of Topliss-reactive ketones (excluding diaryl/α,β-unsaturated/α-hetero) is 2. The van der Waals surface area contributed by atoms with Gasteiger partial charge in [0.1, 0.15) is 24.1 Å². The molecule has 16 heteroatoms. The average molecular weight is 818 g/mol. The van der Waals surface area contributed by atoms with Crippen LogP contribution in [0.15, 0.2) is 60.8 Å². The fraction of sp³-hybridized carbons (Fsp3) is 0.535. The van der Waals surface area contributed by atoms with Crippen molar-refractivity contribution in [1.82, 2.24) is 30.5 Å². The van der Waals surface area contributed by atoms with Crippen molar-refractivity contribution < 1.29 is 43.0 Å². The number of carbonyl (C=O) groups is 6. The molecule has 318 valence electrons. The fourth-order valence-electron chi connectivity index (χ4n) is 8.07. The minimum absolute atomic E-state index is 0.0247. The number of unbranched alkanes of at least 4 members (excludes halogenated alkanes) is 1. The molecular weight excluding hydrogens is 762 g/mol. The van der Waals surface area contributed by atoms with Crippen LogP contribution in [0.2, 0.25) is 0 Å². The highest BCUT2D eigenvalue weighted by molar-refractivity contribution is 6.37. The van der Waals surface area contributed by atoms with Crippen LogP contribution in [0.25, 0.3) is 0 Å². The first-order valence-corrected chi connectivity index (χ1v) is 20.5. The van der Waals surface area contributed by atoms with Crippen molar-refractivity contribution in [3.8, 4) is 0 Å². The van der Waals surface area contributed by atoms with Crippen molar-refractivity contribution in [3.05, 3.63) is 83.4 Å². The first-order chi connectivity index (χ1) is 28.2. The van der Waals surface area contributed by atoms with Gasteiger partial charge in [0.25, 0.3) is 5.91 Å². The predicted molar refractivity (Wildman–Crippen MR) is 214 cm³/mol. The van der Waals surface area contributed by atoms with E-state index in [2.05, 4.69) is 20.9 Å². The van der Waals surface area contributed by atoms with E-state index < -0.39 is 59.2 Å². The minimum atomic E-state index is -1.35. The van der Waals surface area contributed by atoms with Crippen molar-refractivity contribution in [3.63, 3.8) is 0 Å². The molecule has 1 aliphatic heterocycles. The van der Waals surface area contributed by atoms with E-state index >= 15 is 0 Å². The Kier molecular flexibility index (Phi) is 15.8. The van der Waals surface area contributed by atoms with Gasteiger partial charge >= 0.3 is 6.09 Å². The molecule has 2 fully saturated rings. The summed E-state index contributed by atoms with van der Waals surface area (Å²) in [6, 6.07) is 11.5. The molecule has 5 N–H and O–H groups in total. The third-order valence-corrected chi connectivity index (χ3v) is 11.3. The lowest BCUT2D eigenvalue weighted by Crippen LogP contribution is -2.53. The predicted octanol–water partition coefficient (Wildman–Crippen LogP) is 4.67. The van der Waals surface area contributed by atoms with Crippen molar-refractivity contribution >= 4 is 35.4 Å². The Morgan fingerprint density at radius 2 is 1.69 bits per heavy atom. The number of likely N-dealkylation sites (tertiary alicyclic amines) is 1. The number of ketones is 2. The van der Waals surface area contributed by atoms with Crippen molar-refractivity contribution in [2.75, 3.05) is 13.1 Å². The summed E-state index contributed by atoms with van der Waals surface area (Å²) in [7, 11) is 0. The van der Waals surface area contributed by atoms with Crippen molar-refractivity contribution in [2.24, 2.45) is 17.6 Å². The maximum absolute atomic E-state index is 14.8. The van der Waals surface area contributed by atoms with E-state index in [0.717, 1.165) is 37.7 Å². The standard InChI is InChI=1S/C43H56FN7O8/c1-43(2,58)37-25-47-49-51(37)33-24-35(40(55)48-34(38(53)39(45)54)15-9-10-22-46-42(57)59-27-29-13-7-4-8-14-29)50(26-33)41(56)31(23-28-11-5-3-6-12-28)18-21-36(52)30-16-19-32(44)20-17-30/h4,7-8,13-14,16-17,19-20,25,28,31,33-35,58H,3,5-6,9-12,15,18,21-24,26-27H2,1-2H3,(H2,45,54)(H,46,57)(H,48,55)/t31-,33+,34?,35+/m1/s1. The Labute approximate surface area is 343 Å². The number of halogens is 1. The zero-order chi connectivity index (χ0) is 42.5. The van der Waals surface area contributed by atoms with Gasteiger partial charge in [0.2, 0.25) is 17.6 Å². The van der Waals surface area contributed by atoms with E-state index in [-0.39, 0.29) is 63.0 Å². The third kappa shape index (κ3) is 12.7. The van der Waals surface area contributed by atoms with Crippen LogP contribution in [0.4, 0.5) is 9.18 Å². The topological polar surface area (TPSA) is 216 Å². The molecule has 5 rings (SSSR count). The van der Waals surface area contributed by atoms with Gasteiger partial charge < -0.3 is 31.1 Å². The van der Waals surface area contributed by atoms with Gasteiger partial charge in [-0.2, -0.15) is 0 Å². The zero-order valence-corrected chi connectivity index (χ0v) is 33.8. The number of nitrogens with one attached hydrogen (secondary N) is 2. The maximum Gasteiger partial charge on any atom is 0.407 e. The van der Waals surface area contributed by atoms with Gasteiger partial charge in [-0.25, -0.2) is 13.9 Å². The molecule has 2 aliphatic rings. The second kappa shape index (κ2) is 21.0. The lowest BCUT2D eigenvalue weighted by Gasteiger charge is -2.32. The quantitative estimate of drug-likeness (QED) is 0.0702. The number of ether oxygens (including phenoxy) is 1. The van der Waals surface area contributed by atoms with E-state index in [9.17, 15) is 38.3 Å². The molecule has 59 heavy (non-hydrogen) atoms. The summed E-state index contributed by atoms with van der Waals surface area (Å²) in [4.78, 5) is 81.2. The molecule has 3 aromatic rings. The number of aliphatic hydroxyl groups is 1. The van der Waals surface area contributed by atoms with Crippen LogP contribution in [0.1, 0.15) is 119 Å². The van der Waals surface area contributed by atoms with Crippen LogP contribution in [0, 0.1) is 17.7 Å². The van der Waals surface area contributed by atoms with E-state index in [4.69, 9.17) is 10.5 Å². The highest BCUT2D eigenvalue weighted by Gasteiger charge is 2.45. The lowest BCUT2D eigenvalue weighted by molar-refractivity contribution is -0.143. The second-order valence-corrected chi connectivity index (χ2v) is 16.2. The summed E-state index contributed by atoms with van der Waals surface area (Å²) in [6.45, 7) is 3.48. The number of primary amides is 1. The Bertz CT molecular complexity index is 1910. The summed E-state index contributed by atoms with van der Waals surface area (Å²) in [6.07, 6.45) is 7.41. The van der Waals surface area contributed by atoms with Crippen molar-refractivity contribution in [1.29, 1.82) is 0 Å². The normalized spacial score (nSPS) is 18.1. The first kappa shape index (κ1) is 44.6. The second-order valence-electron chi connectivity index (χ2n) is 16.2. The van der Waals surface area contributed by atoms with Crippen LogP contribution in [0.3, 0.4) is 0 Å². The molecule has 4 atom stereocenters. The molecule has 1 aliphatic carbocycles. The summed E-state index contributed by atoms with van der Waals surface area (Å²) < 4.78 is 20.3. The molecule has 0 bridgehead atoms. The van der Waals surface area contributed by atoms with Gasteiger partial charge in [-0.1, -0.05) is 67.6 Å². The van der Waals surface area contributed by atoms with Gasteiger partial charge in [-0.15, -0.1) is 5.10 Å². The number of nitrogens with zero attached hydrogens (tertiary/aromatic N) is 4. The largest absolute Gasteiger partial charge is 0.445 e. The summed E-state index contributed by atoms with van der Waals surface area (Å²) in [5.74, 6) is -4.32. The molecule has 1 saturated carbocycles. The number of amides is 4. The Morgan fingerprint density at radius 1 is 0.983 bits per heavy atom. The molecule has 2 heterocycles. The number of benzene rings is 2. The first-order valence-electron chi connectivity index (χ1n) is 20.5. The number of rotatable bonds is 20. The third-order valence-electron chi connectivity index (χ3n) is 11.3. The smallest absolute Gasteiger partial charge is 0.407 e. The van der Waals surface area contributed by atoms with Crippen LogP contribution in [-0.4, -0.2) is 85.6 Å². The Hall–Kier alpha value is -5.51. The van der Waals surface area contributed by atoms with Crippen LogP contribution in [-0.2, 0) is 36.1 Å². The molecule has 1 unspecified atom stereocenters. The lowest BCUT2D eigenvalue weighted by atomic mass is 9.80. The van der Waals surface area contributed by atoms with E-state index in [1.807, 2.05) is 30.3 Å². The Balaban J connectivity index is 1.31. The number of hydrogen-bond donors (Lipinski definition) is 4. The van der Waals surface area contributed by atoms with Crippen molar-refractivity contribution in [2.45, 2.75) is 121 Å². The number of aromatic nitrogens is 3. The van der Waals surface area contributed by atoms with Gasteiger partial charge in [0.15, 0.2) is 5.78 Å². The average Bonchev–Trinajstić information content (AvgIpc) is 3.90. The summed E-state index contributed by atoms with van der Waals surface area (Å²) in [5.41, 5.74) is 5.59. The van der Waals surface area contributed by atoms with E-state index in [1.54, 1.807) is 13.8 Å². The van der Waals surface area contributed by atoms with Crippen LogP contribution >= 0.6 is 0 Å². The molecule has 15 nitrogen and oxygen atoms in total. The van der Waals surface area contributed by atoms with Gasteiger partial charge in [0.05, 0.1) is 24.0 Å². The highest BCUT2D eigenvalue weighted by atomic mass is 19.1. The van der Waals surface area contributed by atoms with Crippen LogP contribution in [0.5, 0.6) is 0 Å². The van der Waals surface area contributed by atoms with Gasteiger partial charge in [-0.3, -0.25) is 24.0 Å². The molecular formula is C43H56FN7O8. The Morgan fingerprint density at radius 3 is 2.37 bits per heavy atom. The van der Waals surface area contributed by atoms with Gasteiger partial charge in [0, 0.05) is 37.4 Å². The summed E-state index contributed by atoms with van der Waals surface area (Å²) in [5, 5.41) is 24.5. The maximum atomic E-state index is 14.8. The number of carbonyl (C=O) groups excluding carboxylic acids is 6. The molecule has 4 amide bonds.